The standard InChI is InChI=1S/C15H13N5O/c1-9-12(3-2-4-13(9)17)14-18-15-11(6-16)5-10(8-21)7-20(15)19-14/h2-5,7,21H,8,17H2,1H3. The summed E-state index contributed by atoms with van der Waals surface area (Å²) in [6, 6.07) is 9.24. The van der Waals surface area contributed by atoms with Crippen LogP contribution in [0.25, 0.3) is 17.0 Å². The Kier molecular flexibility index (Phi) is 3.05. The number of hydrogen-bond donors (Lipinski definition) is 2. The fourth-order valence-electron chi connectivity index (χ4n) is 2.22. The molecule has 3 rings (SSSR count). The first-order valence-electron chi connectivity index (χ1n) is 6.39. The third-order valence-electron chi connectivity index (χ3n) is 3.41. The maximum absolute atomic E-state index is 9.23. The van der Waals surface area contributed by atoms with E-state index in [1.54, 1.807) is 12.3 Å². The Hall–Kier alpha value is -2.91. The lowest BCUT2D eigenvalue weighted by atomic mass is 10.1. The molecular formula is C15H13N5O. The molecule has 3 aromatic rings. The van der Waals surface area contributed by atoms with Crippen LogP contribution in [0, 0.1) is 18.3 Å². The molecule has 3 N–H and O–H groups in total. The summed E-state index contributed by atoms with van der Waals surface area (Å²) in [6.07, 6.45) is 1.66. The molecule has 6 nitrogen and oxygen atoms in total. The zero-order chi connectivity index (χ0) is 15.0. The summed E-state index contributed by atoms with van der Waals surface area (Å²) in [5.41, 5.74) is 9.75. The van der Waals surface area contributed by atoms with Crippen LogP contribution in [0.1, 0.15) is 16.7 Å². The largest absolute Gasteiger partial charge is 0.398 e. The van der Waals surface area contributed by atoms with E-state index < -0.39 is 0 Å². The molecule has 0 amide bonds. The number of nitriles is 1. The van der Waals surface area contributed by atoms with Crippen LogP contribution in [-0.4, -0.2) is 19.7 Å². The van der Waals surface area contributed by atoms with E-state index in [-0.39, 0.29) is 6.61 Å². The summed E-state index contributed by atoms with van der Waals surface area (Å²) in [6.45, 7) is 1.75. The summed E-state index contributed by atoms with van der Waals surface area (Å²) < 4.78 is 1.52. The van der Waals surface area contributed by atoms with E-state index in [4.69, 9.17) is 5.73 Å². The number of rotatable bonds is 2. The van der Waals surface area contributed by atoms with Crippen molar-refractivity contribution in [3.05, 3.63) is 47.2 Å². The van der Waals surface area contributed by atoms with Crippen molar-refractivity contribution in [1.29, 1.82) is 5.26 Å². The summed E-state index contributed by atoms with van der Waals surface area (Å²) in [5, 5.41) is 22.8. The molecule has 2 aromatic heterocycles. The van der Waals surface area contributed by atoms with Gasteiger partial charge in [0.25, 0.3) is 0 Å². The van der Waals surface area contributed by atoms with Crippen molar-refractivity contribution < 1.29 is 5.11 Å². The quantitative estimate of drug-likeness (QED) is 0.695. The van der Waals surface area contributed by atoms with Crippen LogP contribution in [0.2, 0.25) is 0 Å². The number of aromatic nitrogens is 3. The number of aliphatic hydroxyl groups excluding tert-OH is 1. The highest BCUT2D eigenvalue weighted by Gasteiger charge is 2.13. The SMILES string of the molecule is Cc1c(N)cccc1-c1nc2c(C#N)cc(CO)cn2n1. The zero-order valence-electron chi connectivity index (χ0n) is 11.4. The second-order valence-corrected chi connectivity index (χ2v) is 4.76. The average molecular weight is 279 g/mol. The van der Waals surface area contributed by atoms with Crippen LogP contribution >= 0.6 is 0 Å². The normalized spacial score (nSPS) is 10.7. The van der Waals surface area contributed by atoms with Gasteiger partial charge < -0.3 is 10.8 Å². The number of nitrogens with two attached hydrogens (primary N) is 1. The Labute approximate surface area is 121 Å². The highest BCUT2D eigenvalue weighted by atomic mass is 16.3. The number of anilines is 1. The molecule has 104 valence electrons. The van der Waals surface area contributed by atoms with Crippen LogP contribution in [0.5, 0.6) is 0 Å². The predicted octanol–water partition coefficient (Wildman–Crippen LogP) is 1.65. The van der Waals surface area contributed by atoms with Gasteiger partial charge in [-0.25, -0.2) is 9.50 Å². The van der Waals surface area contributed by atoms with Crippen molar-refractivity contribution in [1.82, 2.24) is 14.6 Å². The lowest BCUT2D eigenvalue weighted by Crippen LogP contribution is -1.95. The molecule has 0 aliphatic heterocycles. The molecule has 0 spiro atoms. The van der Waals surface area contributed by atoms with Crippen molar-refractivity contribution in [3.63, 3.8) is 0 Å². The van der Waals surface area contributed by atoms with Crippen LogP contribution in [0.4, 0.5) is 5.69 Å². The van der Waals surface area contributed by atoms with Crippen molar-refractivity contribution in [3.8, 4) is 17.5 Å². The van der Waals surface area contributed by atoms with Gasteiger partial charge in [0.05, 0.1) is 12.2 Å². The minimum Gasteiger partial charge on any atom is -0.398 e. The third kappa shape index (κ3) is 2.10. The molecule has 0 radical (unpaired) electrons. The van der Waals surface area contributed by atoms with Gasteiger partial charge in [0.1, 0.15) is 6.07 Å². The molecular weight excluding hydrogens is 266 g/mol. The Bertz CT molecular complexity index is 876. The van der Waals surface area contributed by atoms with E-state index in [1.165, 1.54) is 4.52 Å². The van der Waals surface area contributed by atoms with E-state index >= 15 is 0 Å². The molecule has 6 heteroatoms. The molecule has 0 aliphatic rings. The van der Waals surface area contributed by atoms with Crippen molar-refractivity contribution in [2.24, 2.45) is 0 Å². The van der Waals surface area contributed by atoms with Gasteiger partial charge in [-0.05, 0) is 30.2 Å². The fraction of sp³-hybridized carbons (Fsp3) is 0.133. The molecule has 0 bridgehead atoms. The minimum absolute atomic E-state index is 0.156. The van der Waals surface area contributed by atoms with Crippen molar-refractivity contribution in [2.45, 2.75) is 13.5 Å². The number of fused-ring (bicyclic) bond motifs is 1. The zero-order valence-corrected chi connectivity index (χ0v) is 11.4. The molecule has 0 aliphatic carbocycles. The highest BCUT2D eigenvalue weighted by Crippen LogP contribution is 2.25. The lowest BCUT2D eigenvalue weighted by Gasteiger charge is -2.03. The van der Waals surface area contributed by atoms with E-state index in [0.29, 0.717) is 28.3 Å². The van der Waals surface area contributed by atoms with Gasteiger partial charge in [-0.1, -0.05) is 12.1 Å². The highest BCUT2D eigenvalue weighted by molar-refractivity contribution is 5.70. The fourth-order valence-corrected chi connectivity index (χ4v) is 2.22. The molecule has 0 unspecified atom stereocenters. The van der Waals surface area contributed by atoms with Crippen molar-refractivity contribution >= 4 is 11.3 Å². The van der Waals surface area contributed by atoms with E-state index in [1.807, 2.05) is 25.1 Å². The van der Waals surface area contributed by atoms with Crippen molar-refractivity contribution in [2.75, 3.05) is 5.73 Å². The van der Waals surface area contributed by atoms with Gasteiger partial charge in [-0.3, -0.25) is 0 Å². The molecule has 21 heavy (non-hydrogen) atoms. The lowest BCUT2D eigenvalue weighted by molar-refractivity contribution is 0.281. The van der Waals surface area contributed by atoms with Crippen LogP contribution in [0.15, 0.2) is 30.5 Å². The monoisotopic (exact) mass is 279 g/mol. The molecule has 1 aromatic carbocycles. The van der Waals surface area contributed by atoms with E-state index in [9.17, 15) is 10.4 Å². The van der Waals surface area contributed by atoms with E-state index in [0.717, 1.165) is 11.1 Å². The number of nitrogen functional groups attached to an aromatic ring is 1. The Morgan fingerprint density at radius 2 is 2.24 bits per heavy atom. The van der Waals surface area contributed by atoms with Gasteiger partial charge in [0.2, 0.25) is 0 Å². The first kappa shape index (κ1) is 13.1. The summed E-state index contributed by atoms with van der Waals surface area (Å²) in [7, 11) is 0. The number of aliphatic hydroxyl groups is 1. The van der Waals surface area contributed by atoms with Gasteiger partial charge in [-0.2, -0.15) is 5.26 Å². The Balaban J connectivity index is 2.26. The van der Waals surface area contributed by atoms with Crippen LogP contribution in [0.3, 0.4) is 0 Å². The maximum Gasteiger partial charge on any atom is 0.182 e. The predicted molar refractivity (Wildman–Crippen MR) is 78.2 cm³/mol. The van der Waals surface area contributed by atoms with E-state index in [2.05, 4.69) is 16.2 Å². The minimum atomic E-state index is -0.156. The second kappa shape index (κ2) is 4.89. The molecule has 0 saturated heterocycles. The molecule has 0 fully saturated rings. The topological polar surface area (TPSA) is 100 Å². The summed E-state index contributed by atoms with van der Waals surface area (Å²) in [4.78, 5) is 4.42. The summed E-state index contributed by atoms with van der Waals surface area (Å²) in [5.74, 6) is 0.506. The van der Waals surface area contributed by atoms with Gasteiger partial charge >= 0.3 is 0 Å². The number of benzene rings is 1. The van der Waals surface area contributed by atoms with Crippen LogP contribution < -0.4 is 5.73 Å². The molecule has 0 atom stereocenters. The maximum atomic E-state index is 9.23. The molecule has 2 heterocycles. The van der Waals surface area contributed by atoms with Gasteiger partial charge in [-0.15, -0.1) is 5.10 Å². The average Bonchev–Trinajstić information content (AvgIpc) is 2.92. The first-order chi connectivity index (χ1) is 10.1. The first-order valence-corrected chi connectivity index (χ1v) is 6.39. The Morgan fingerprint density at radius 3 is 2.95 bits per heavy atom. The number of nitrogens with zero attached hydrogens (tertiary/aromatic N) is 4. The van der Waals surface area contributed by atoms with Gasteiger partial charge in [0.15, 0.2) is 11.5 Å². The Morgan fingerprint density at radius 1 is 1.43 bits per heavy atom. The number of hydrogen-bond acceptors (Lipinski definition) is 5. The van der Waals surface area contributed by atoms with Crippen LogP contribution in [-0.2, 0) is 6.61 Å². The smallest absolute Gasteiger partial charge is 0.182 e. The summed E-state index contributed by atoms with van der Waals surface area (Å²) >= 11 is 0. The third-order valence-corrected chi connectivity index (χ3v) is 3.41. The van der Waals surface area contributed by atoms with Gasteiger partial charge in [0, 0.05) is 17.4 Å². The molecule has 0 saturated carbocycles. The number of pyridine rings is 1. The second-order valence-electron chi connectivity index (χ2n) is 4.76.